The minimum absolute atomic E-state index is 0.123. The van der Waals surface area contributed by atoms with Gasteiger partial charge >= 0.3 is 0 Å². The lowest BCUT2D eigenvalue weighted by Gasteiger charge is -2.34. The van der Waals surface area contributed by atoms with Crippen LogP contribution in [0.5, 0.6) is 0 Å². The lowest BCUT2D eigenvalue weighted by atomic mass is 10.1. The lowest BCUT2D eigenvalue weighted by Crippen LogP contribution is -2.56. The third kappa shape index (κ3) is 2.76. The highest BCUT2D eigenvalue weighted by Gasteiger charge is 2.34. The molecule has 1 aromatic carbocycles. The molecule has 1 aromatic rings. The molecule has 2 atom stereocenters. The van der Waals surface area contributed by atoms with E-state index >= 15 is 0 Å². The Morgan fingerprint density at radius 3 is 2.74 bits per heavy atom. The van der Waals surface area contributed by atoms with Crippen molar-refractivity contribution in [1.29, 1.82) is 0 Å². The number of amides is 2. The van der Waals surface area contributed by atoms with Crippen LogP contribution in [0.1, 0.15) is 18.6 Å². The van der Waals surface area contributed by atoms with Gasteiger partial charge in [0.25, 0.3) is 5.91 Å². The van der Waals surface area contributed by atoms with Crippen molar-refractivity contribution in [2.24, 2.45) is 0 Å². The Morgan fingerprint density at radius 2 is 2.11 bits per heavy atom. The Bertz CT molecular complexity index is 461. The molecule has 102 valence electrons. The zero-order chi connectivity index (χ0) is 13.8. The number of piperazine rings is 1. The van der Waals surface area contributed by atoms with E-state index in [0.29, 0.717) is 13.1 Å². The SMILES string of the molecule is COC(C(=O)N1CCNC(=O)C1C)c1ccccc1. The topological polar surface area (TPSA) is 58.6 Å². The molecule has 0 spiro atoms. The number of carbonyl (C=O) groups is 2. The highest BCUT2D eigenvalue weighted by molar-refractivity contribution is 5.90. The normalized spacial score (nSPS) is 20.8. The zero-order valence-corrected chi connectivity index (χ0v) is 11.1. The number of carbonyl (C=O) groups excluding carboxylic acids is 2. The predicted molar refractivity (Wildman–Crippen MR) is 70.4 cm³/mol. The Hall–Kier alpha value is -1.88. The second-order valence-electron chi connectivity index (χ2n) is 4.53. The van der Waals surface area contributed by atoms with Crippen LogP contribution in [0.25, 0.3) is 0 Å². The second kappa shape index (κ2) is 5.84. The Morgan fingerprint density at radius 1 is 1.42 bits per heavy atom. The summed E-state index contributed by atoms with van der Waals surface area (Å²) in [4.78, 5) is 25.7. The summed E-state index contributed by atoms with van der Waals surface area (Å²) < 4.78 is 5.31. The molecule has 1 heterocycles. The molecular formula is C14H18N2O3. The molecule has 0 radical (unpaired) electrons. The van der Waals surface area contributed by atoms with Crippen LogP contribution < -0.4 is 5.32 Å². The predicted octanol–water partition coefficient (Wildman–Crippen LogP) is 0.721. The number of ether oxygens (including phenoxy) is 1. The van der Waals surface area contributed by atoms with Gasteiger partial charge in [-0.15, -0.1) is 0 Å². The Kier molecular flexibility index (Phi) is 4.16. The maximum absolute atomic E-state index is 12.5. The first-order valence-electron chi connectivity index (χ1n) is 6.31. The molecule has 0 aromatic heterocycles. The van der Waals surface area contributed by atoms with Crippen LogP contribution in [0.3, 0.4) is 0 Å². The van der Waals surface area contributed by atoms with Crippen molar-refractivity contribution in [1.82, 2.24) is 10.2 Å². The number of nitrogens with zero attached hydrogens (tertiary/aromatic N) is 1. The first-order chi connectivity index (χ1) is 9.15. The van der Waals surface area contributed by atoms with Gasteiger partial charge in [-0.25, -0.2) is 0 Å². The summed E-state index contributed by atoms with van der Waals surface area (Å²) in [7, 11) is 1.50. The van der Waals surface area contributed by atoms with Crippen LogP contribution in [0.2, 0.25) is 0 Å². The Labute approximate surface area is 112 Å². The number of methoxy groups -OCH3 is 1. The number of hydrogen-bond donors (Lipinski definition) is 1. The largest absolute Gasteiger partial charge is 0.367 e. The average Bonchev–Trinajstić information content (AvgIpc) is 2.44. The van der Waals surface area contributed by atoms with Crippen molar-refractivity contribution in [3.05, 3.63) is 35.9 Å². The maximum Gasteiger partial charge on any atom is 0.257 e. The molecule has 0 saturated carbocycles. The van der Waals surface area contributed by atoms with Gasteiger partial charge in [0.1, 0.15) is 6.04 Å². The summed E-state index contributed by atoms with van der Waals surface area (Å²) >= 11 is 0. The van der Waals surface area contributed by atoms with E-state index in [9.17, 15) is 9.59 Å². The molecular weight excluding hydrogens is 244 g/mol. The third-order valence-corrected chi connectivity index (χ3v) is 3.34. The van der Waals surface area contributed by atoms with Crippen LogP contribution in [-0.2, 0) is 14.3 Å². The van der Waals surface area contributed by atoms with E-state index in [0.717, 1.165) is 5.56 Å². The van der Waals surface area contributed by atoms with Crippen LogP contribution >= 0.6 is 0 Å². The first-order valence-corrected chi connectivity index (χ1v) is 6.31. The summed E-state index contributed by atoms with van der Waals surface area (Å²) in [5.41, 5.74) is 0.799. The molecule has 0 aliphatic carbocycles. The van der Waals surface area contributed by atoms with Gasteiger partial charge in [0.2, 0.25) is 5.91 Å². The standard InChI is InChI=1S/C14H18N2O3/c1-10-13(17)15-8-9-16(10)14(18)12(19-2)11-6-4-3-5-7-11/h3-7,10,12H,8-9H2,1-2H3,(H,15,17). The van der Waals surface area contributed by atoms with Gasteiger partial charge in [0.05, 0.1) is 0 Å². The number of hydrogen-bond acceptors (Lipinski definition) is 3. The molecule has 1 fully saturated rings. The summed E-state index contributed by atoms with van der Waals surface area (Å²) in [6.07, 6.45) is -0.658. The van der Waals surface area contributed by atoms with Crippen LogP contribution in [0.4, 0.5) is 0 Å². The molecule has 0 bridgehead atoms. The number of rotatable bonds is 3. The van der Waals surface area contributed by atoms with E-state index in [1.807, 2.05) is 30.3 Å². The lowest BCUT2D eigenvalue weighted by molar-refractivity contribution is -0.150. The van der Waals surface area contributed by atoms with Crippen molar-refractivity contribution in [3.8, 4) is 0 Å². The second-order valence-corrected chi connectivity index (χ2v) is 4.53. The molecule has 1 N–H and O–H groups in total. The quantitative estimate of drug-likeness (QED) is 0.873. The van der Waals surface area contributed by atoms with Gasteiger partial charge in [0, 0.05) is 20.2 Å². The molecule has 2 amide bonds. The third-order valence-electron chi connectivity index (χ3n) is 3.34. The minimum Gasteiger partial charge on any atom is -0.367 e. The van der Waals surface area contributed by atoms with Crippen molar-refractivity contribution < 1.29 is 14.3 Å². The molecule has 1 aliphatic rings. The molecule has 2 unspecified atom stereocenters. The fourth-order valence-corrected chi connectivity index (χ4v) is 2.24. The summed E-state index contributed by atoms with van der Waals surface area (Å²) in [5.74, 6) is -0.293. The van der Waals surface area contributed by atoms with Gasteiger partial charge in [-0.1, -0.05) is 30.3 Å². The summed E-state index contributed by atoms with van der Waals surface area (Å²) in [5, 5.41) is 2.74. The van der Waals surface area contributed by atoms with Crippen LogP contribution in [0.15, 0.2) is 30.3 Å². The minimum atomic E-state index is -0.658. The molecule has 2 rings (SSSR count). The summed E-state index contributed by atoms with van der Waals surface area (Å²) in [6, 6.07) is 8.85. The van der Waals surface area contributed by atoms with Gasteiger partial charge in [-0.3, -0.25) is 9.59 Å². The van der Waals surface area contributed by atoms with Crippen LogP contribution in [0, 0.1) is 0 Å². The molecule has 1 aliphatic heterocycles. The molecule has 5 heteroatoms. The molecule has 5 nitrogen and oxygen atoms in total. The highest BCUT2D eigenvalue weighted by atomic mass is 16.5. The van der Waals surface area contributed by atoms with E-state index in [1.54, 1.807) is 11.8 Å². The molecule has 19 heavy (non-hydrogen) atoms. The van der Waals surface area contributed by atoms with E-state index in [4.69, 9.17) is 4.74 Å². The fraction of sp³-hybridized carbons (Fsp3) is 0.429. The number of benzene rings is 1. The van der Waals surface area contributed by atoms with Crippen molar-refractivity contribution >= 4 is 11.8 Å². The first kappa shape index (κ1) is 13.5. The Balaban J connectivity index is 2.19. The average molecular weight is 262 g/mol. The van der Waals surface area contributed by atoms with Gasteiger partial charge in [-0.05, 0) is 12.5 Å². The monoisotopic (exact) mass is 262 g/mol. The van der Waals surface area contributed by atoms with Crippen molar-refractivity contribution in [3.63, 3.8) is 0 Å². The van der Waals surface area contributed by atoms with Gasteiger partial charge < -0.3 is 15.0 Å². The van der Waals surface area contributed by atoms with E-state index < -0.39 is 12.1 Å². The van der Waals surface area contributed by atoms with E-state index in [1.165, 1.54) is 7.11 Å². The van der Waals surface area contributed by atoms with Crippen molar-refractivity contribution in [2.75, 3.05) is 20.2 Å². The zero-order valence-electron chi connectivity index (χ0n) is 11.1. The van der Waals surface area contributed by atoms with E-state index in [2.05, 4.69) is 5.32 Å². The van der Waals surface area contributed by atoms with Crippen LogP contribution in [-0.4, -0.2) is 43.0 Å². The fourth-order valence-electron chi connectivity index (χ4n) is 2.24. The molecule has 1 saturated heterocycles. The van der Waals surface area contributed by atoms with Crippen molar-refractivity contribution in [2.45, 2.75) is 19.1 Å². The van der Waals surface area contributed by atoms with Gasteiger partial charge in [0.15, 0.2) is 6.10 Å². The summed E-state index contributed by atoms with van der Waals surface area (Å²) in [6.45, 7) is 2.72. The maximum atomic E-state index is 12.5. The van der Waals surface area contributed by atoms with Gasteiger partial charge in [-0.2, -0.15) is 0 Å². The van der Waals surface area contributed by atoms with E-state index in [-0.39, 0.29) is 11.8 Å². The number of nitrogens with one attached hydrogen (secondary N) is 1. The highest BCUT2D eigenvalue weighted by Crippen LogP contribution is 2.21. The smallest absolute Gasteiger partial charge is 0.257 e.